The van der Waals surface area contributed by atoms with Crippen molar-refractivity contribution in [3.05, 3.63) is 97.7 Å². The number of carbonyl (C=O) groups excluding carboxylic acids is 1. The van der Waals surface area contributed by atoms with Gasteiger partial charge in [-0.15, -0.1) is 0 Å². The van der Waals surface area contributed by atoms with Crippen molar-refractivity contribution in [1.82, 2.24) is 4.90 Å². The minimum atomic E-state index is -0.0877. The smallest absolute Gasteiger partial charge is 0.232 e. The van der Waals surface area contributed by atoms with Crippen LogP contribution in [-0.2, 0) is 18.4 Å². The van der Waals surface area contributed by atoms with Gasteiger partial charge in [0.05, 0.1) is 11.1 Å². The molecule has 6 heteroatoms. The van der Waals surface area contributed by atoms with E-state index in [1.807, 2.05) is 43.3 Å². The van der Waals surface area contributed by atoms with E-state index in [-0.39, 0.29) is 11.2 Å². The molecule has 0 atom stereocenters. The third-order valence-electron chi connectivity index (χ3n) is 6.77. The Labute approximate surface area is 222 Å². The molecule has 4 nitrogen and oxygen atoms in total. The van der Waals surface area contributed by atoms with E-state index in [1.165, 1.54) is 5.56 Å². The van der Waals surface area contributed by atoms with Crippen LogP contribution in [-0.4, -0.2) is 24.0 Å². The molecule has 0 saturated heterocycles. The highest BCUT2D eigenvalue weighted by Gasteiger charge is 2.35. The number of fused-ring (bicyclic) bond motifs is 3. The lowest BCUT2D eigenvalue weighted by Crippen LogP contribution is -2.34. The van der Waals surface area contributed by atoms with Crippen LogP contribution in [0.1, 0.15) is 58.9 Å². The van der Waals surface area contributed by atoms with Crippen LogP contribution in [0.2, 0.25) is 10.0 Å². The molecule has 0 aromatic heterocycles. The largest absolute Gasteiger partial charge is 0.478 e. The van der Waals surface area contributed by atoms with Gasteiger partial charge in [0.15, 0.2) is 5.76 Å². The number of carbonyl (C=O) groups is 1. The highest BCUT2D eigenvalue weighted by Crippen LogP contribution is 2.44. The van der Waals surface area contributed by atoms with E-state index in [9.17, 15) is 4.79 Å². The van der Waals surface area contributed by atoms with Crippen molar-refractivity contribution in [2.75, 3.05) is 13.3 Å². The molecule has 0 bridgehead atoms. The van der Waals surface area contributed by atoms with E-state index in [4.69, 9.17) is 32.7 Å². The average molecular weight is 522 g/mol. The Bertz CT molecular complexity index is 1370. The number of allylic oxidation sites excluding steroid dienone is 1. The third kappa shape index (κ3) is 4.90. The van der Waals surface area contributed by atoms with Gasteiger partial charge in [0.1, 0.15) is 18.2 Å². The second-order valence-electron chi connectivity index (χ2n) is 10.5. The van der Waals surface area contributed by atoms with Crippen molar-refractivity contribution in [3.8, 4) is 11.5 Å². The molecular formula is C30H29Cl2NO3. The first-order chi connectivity index (χ1) is 17.1. The van der Waals surface area contributed by atoms with Gasteiger partial charge in [0.2, 0.25) is 5.78 Å². The minimum absolute atomic E-state index is 0.0720. The zero-order chi connectivity index (χ0) is 25.6. The summed E-state index contributed by atoms with van der Waals surface area (Å²) in [5.74, 6) is 1.64. The fourth-order valence-electron chi connectivity index (χ4n) is 4.65. The molecule has 3 aromatic rings. The van der Waals surface area contributed by atoms with E-state index in [0.29, 0.717) is 40.4 Å². The van der Waals surface area contributed by atoms with Gasteiger partial charge in [-0.1, -0.05) is 74.3 Å². The molecule has 3 aromatic carbocycles. The van der Waals surface area contributed by atoms with E-state index >= 15 is 0 Å². The molecule has 2 heterocycles. The summed E-state index contributed by atoms with van der Waals surface area (Å²) in [6, 6.07) is 15.8. The number of benzene rings is 3. The molecule has 186 valence electrons. The Balaban J connectivity index is 1.37. The lowest BCUT2D eigenvalue weighted by molar-refractivity contribution is 0.0949. The molecule has 0 saturated carbocycles. The number of halogens is 2. The second kappa shape index (κ2) is 9.59. The molecule has 0 radical (unpaired) electrons. The van der Waals surface area contributed by atoms with Crippen LogP contribution in [0, 0.1) is 6.92 Å². The predicted octanol–water partition coefficient (Wildman–Crippen LogP) is 7.61. The SMILES string of the molecule is Cc1cc2c(c3c1C(=O)/C(=C\c1ccc(C(C)(C)C)cc1)O3)CN(CCc1ccc(Cl)cc1Cl)CO2. The zero-order valence-corrected chi connectivity index (χ0v) is 22.5. The van der Waals surface area contributed by atoms with E-state index < -0.39 is 0 Å². The Kier molecular flexibility index (Phi) is 6.63. The number of aryl methyl sites for hydroxylation is 1. The minimum Gasteiger partial charge on any atom is -0.478 e. The van der Waals surface area contributed by atoms with Crippen LogP contribution in [0.5, 0.6) is 11.5 Å². The molecule has 0 fully saturated rings. The Morgan fingerprint density at radius 1 is 1.06 bits per heavy atom. The maximum absolute atomic E-state index is 13.3. The Hall–Kier alpha value is -2.79. The van der Waals surface area contributed by atoms with Gasteiger partial charge in [-0.3, -0.25) is 9.69 Å². The average Bonchev–Trinajstić information content (AvgIpc) is 3.15. The fraction of sp³-hybridized carbons (Fsp3) is 0.300. The summed E-state index contributed by atoms with van der Waals surface area (Å²) in [6.45, 7) is 10.3. The van der Waals surface area contributed by atoms with Crippen molar-refractivity contribution in [2.24, 2.45) is 0 Å². The summed E-state index contributed by atoms with van der Waals surface area (Å²) in [6.07, 6.45) is 2.59. The maximum atomic E-state index is 13.3. The van der Waals surface area contributed by atoms with Gasteiger partial charge in [0, 0.05) is 23.1 Å². The van der Waals surface area contributed by atoms with Crippen molar-refractivity contribution in [3.63, 3.8) is 0 Å². The molecule has 0 unspecified atom stereocenters. The summed E-state index contributed by atoms with van der Waals surface area (Å²) in [5, 5.41) is 1.29. The molecule has 2 aliphatic heterocycles. The highest BCUT2D eigenvalue weighted by molar-refractivity contribution is 6.35. The maximum Gasteiger partial charge on any atom is 0.232 e. The summed E-state index contributed by atoms with van der Waals surface area (Å²) in [4.78, 5) is 15.5. The monoisotopic (exact) mass is 521 g/mol. The number of ketones is 1. The molecule has 0 spiro atoms. The number of rotatable bonds is 4. The molecule has 2 aliphatic rings. The van der Waals surface area contributed by atoms with Crippen LogP contribution >= 0.6 is 23.2 Å². The topological polar surface area (TPSA) is 38.8 Å². The van der Waals surface area contributed by atoms with Crippen LogP contribution < -0.4 is 9.47 Å². The molecule has 36 heavy (non-hydrogen) atoms. The zero-order valence-electron chi connectivity index (χ0n) is 21.0. The van der Waals surface area contributed by atoms with Gasteiger partial charge in [-0.2, -0.15) is 0 Å². The number of Topliss-reactive ketones (excluding diaryl/α,β-unsaturated/α-hetero) is 1. The third-order valence-corrected chi connectivity index (χ3v) is 7.36. The summed E-state index contributed by atoms with van der Waals surface area (Å²) >= 11 is 12.4. The fourth-order valence-corrected chi connectivity index (χ4v) is 5.16. The molecule has 0 amide bonds. The summed E-state index contributed by atoms with van der Waals surface area (Å²) < 4.78 is 12.3. The molecule has 0 N–H and O–H groups in total. The Morgan fingerprint density at radius 2 is 1.81 bits per heavy atom. The first-order valence-electron chi connectivity index (χ1n) is 12.1. The van der Waals surface area contributed by atoms with Crippen molar-refractivity contribution in [2.45, 2.75) is 46.1 Å². The first-order valence-corrected chi connectivity index (χ1v) is 12.9. The molecule has 0 aliphatic carbocycles. The van der Waals surface area contributed by atoms with Crippen LogP contribution in [0.15, 0.2) is 54.3 Å². The number of hydrogen-bond acceptors (Lipinski definition) is 4. The quantitative estimate of drug-likeness (QED) is 0.331. The van der Waals surface area contributed by atoms with E-state index in [0.717, 1.165) is 41.0 Å². The van der Waals surface area contributed by atoms with Gasteiger partial charge in [-0.05, 0) is 65.3 Å². The van der Waals surface area contributed by atoms with Gasteiger partial charge in [0.25, 0.3) is 0 Å². The van der Waals surface area contributed by atoms with E-state index in [2.05, 4.69) is 37.8 Å². The van der Waals surface area contributed by atoms with Crippen molar-refractivity contribution < 1.29 is 14.3 Å². The number of hydrogen-bond donors (Lipinski definition) is 0. The second-order valence-corrected chi connectivity index (χ2v) is 11.3. The van der Waals surface area contributed by atoms with Gasteiger partial charge >= 0.3 is 0 Å². The van der Waals surface area contributed by atoms with Crippen molar-refractivity contribution in [1.29, 1.82) is 0 Å². The van der Waals surface area contributed by atoms with Crippen molar-refractivity contribution >= 4 is 35.1 Å². The number of nitrogens with zero attached hydrogens (tertiary/aromatic N) is 1. The Morgan fingerprint density at radius 3 is 2.50 bits per heavy atom. The lowest BCUT2D eigenvalue weighted by Gasteiger charge is -2.30. The van der Waals surface area contributed by atoms with Gasteiger partial charge in [-0.25, -0.2) is 0 Å². The van der Waals surface area contributed by atoms with E-state index in [1.54, 1.807) is 6.07 Å². The normalized spacial score (nSPS) is 16.5. The van der Waals surface area contributed by atoms with Crippen LogP contribution in [0.3, 0.4) is 0 Å². The standard InChI is InChI=1S/C30H29Cl2NO3/c1-18-13-25-23(16-33(17-35-25)12-11-20-7-10-22(31)15-24(20)32)29-27(18)28(34)26(36-29)14-19-5-8-21(9-6-19)30(2,3)4/h5-10,13-15H,11-12,16-17H2,1-4H3/b26-14+. The number of ether oxygens (including phenoxy) is 2. The van der Waals surface area contributed by atoms with Crippen LogP contribution in [0.25, 0.3) is 6.08 Å². The first kappa shape index (κ1) is 24.9. The van der Waals surface area contributed by atoms with Gasteiger partial charge < -0.3 is 9.47 Å². The molecule has 5 rings (SSSR count). The van der Waals surface area contributed by atoms with Crippen LogP contribution in [0.4, 0.5) is 0 Å². The lowest BCUT2D eigenvalue weighted by atomic mass is 9.86. The predicted molar refractivity (Wildman–Crippen MR) is 145 cm³/mol. The summed E-state index contributed by atoms with van der Waals surface area (Å²) in [7, 11) is 0. The molecular weight excluding hydrogens is 493 g/mol. The summed E-state index contributed by atoms with van der Waals surface area (Å²) in [5.41, 5.74) is 5.68. The highest BCUT2D eigenvalue weighted by atomic mass is 35.5.